The molecule has 0 bridgehead atoms. The number of para-hydroxylation sites is 1. The Hall–Kier alpha value is -1.98. The molecule has 0 aliphatic carbocycles. The second-order valence-electron chi connectivity index (χ2n) is 4.09. The summed E-state index contributed by atoms with van der Waals surface area (Å²) in [6.07, 6.45) is 0. The van der Waals surface area contributed by atoms with Crippen molar-refractivity contribution in [3.63, 3.8) is 0 Å². The summed E-state index contributed by atoms with van der Waals surface area (Å²) in [7, 11) is 0. The summed E-state index contributed by atoms with van der Waals surface area (Å²) in [6.45, 7) is 2.41. The fourth-order valence-corrected chi connectivity index (χ4v) is 2.14. The summed E-state index contributed by atoms with van der Waals surface area (Å²) in [5.41, 5.74) is 0.244. The molecule has 0 aliphatic heterocycles. The Morgan fingerprint density at radius 1 is 1.19 bits per heavy atom. The summed E-state index contributed by atoms with van der Waals surface area (Å²) < 4.78 is 5.57. The molecule has 0 amide bonds. The van der Waals surface area contributed by atoms with Crippen LogP contribution in [0.25, 0.3) is 0 Å². The van der Waals surface area contributed by atoms with Crippen molar-refractivity contribution >= 4 is 34.6 Å². The second kappa shape index (κ2) is 6.65. The number of nitrogens with zero attached hydrogens (tertiary/aromatic N) is 1. The van der Waals surface area contributed by atoms with E-state index in [0.29, 0.717) is 17.3 Å². The van der Waals surface area contributed by atoms with Crippen LogP contribution in [0.2, 0.25) is 10.0 Å². The lowest BCUT2D eigenvalue weighted by atomic mass is 10.2. The van der Waals surface area contributed by atoms with Crippen molar-refractivity contribution in [2.24, 2.45) is 0 Å². The van der Waals surface area contributed by atoms with Gasteiger partial charge in [-0.25, -0.2) is 0 Å². The highest BCUT2D eigenvalue weighted by molar-refractivity contribution is 6.42. The van der Waals surface area contributed by atoms with Crippen molar-refractivity contribution in [3.05, 3.63) is 56.6 Å². The zero-order valence-corrected chi connectivity index (χ0v) is 12.6. The SMILES string of the molecule is CCNc1cccc(Oc2cccc(Cl)c2Cl)c1[N+](=O)[O-]. The van der Waals surface area contributed by atoms with E-state index in [1.165, 1.54) is 6.07 Å². The van der Waals surface area contributed by atoms with Crippen LogP contribution >= 0.6 is 23.2 Å². The Labute approximate surface area is 131 Å². The number of hydrogen-bond acceptors (Lipinski definition) is 4. The molecule has 0 unspecified atom stereocenters. The summed E-state index contributed by atoms with van der Waals surface area (Å²) in [5, 5.41) is 14.7. The zero-order valence-electron chi connectivity index (χ0n) is 11.1. The molecule has 0 spiro atoms. The molecule has 5 nitrogen and oxygen atoms in total. The van der Waals surface area contributed by atoms with Crippen molar-refractivity contribution in [2.45, 2.75) is 6.92 Å². The highest BCUT2D eigenvalue weighted by Crippen LogP contribution is 2.40. The summed E-state index contributed by atoms with van der Waals surface area (Å²) >= 11 is 11.9. The molecular formula is C14H12Cl2N2O3. The normalized spacial score (nSPS) is 10.2. The minimum absolute atomic E-state index is 0.0996. The predicted octanol–water partition coefficient (Wildman–Crippen LogP) is 5.13. The standard InChI is InChI=1S/C14H12Cl2N2O3/c1-2-17-10-6-4-8-12(14(10)18(19)20)21-11-7-3-5-9(15)13(11)16/h3-8,17H,2H2,1H3. The fraction of sp³-hybridized carbons (Fsp3) is 0.143. The van der Waals surface area contributed by atoms with Crippen LogP contribution in [-0.2, 0) is 0 Å². The van der Waals surface area contributed by atoms with Gasteiger partial charge in [0.05, 0.1) is 9.95 Å². The van der Waals surface area contributed by atoms with E-state index in [4.69, 9.17) is 27.9 Å². The van der Waals surface area contributed by atoms with Crippen molar-refractivity contribution in [1.82, 2.24) is 0 Å². The highest BCUT2D eigenvalue weighted by atomic mass is 35.5. The first kappa shape index (κ1) is 15.4. The molecule has 0 heterocycles. The van der Waals surface area contributed by atoms with E-state index in [-0.39, 0.29) is 22.2 Å². The second-order valence-corrected chi connectivity index (χ2v) is 4.88. The van der Waals surface area contributed by atoms with E-state index in [0.717, 1.165) is 0 Å². The molecule has 1 N–H and O–H groups in total. The number of nitro groups is 1. The molecule has 2 rings (SSSR count). The van der Waals surface area contributed by atoms with Crippen LogP contribution in [0.4, 0.5) is 11.4 Å². The first-order valence-electron chi connectivity index (χ1n) is 6.17. The van der Waals surface area contributed by atoms with Gasteiger partial charge in [0.2, 0.25) is 5.75 Å². The van der Waals surface area contributed by atoms with Crippen molar-refractivity contribution < 1.29 is 9.66 Å². The van der Waals surface area contributed by atoms with Gasteiger partial charge in [-0.05, 0) is 31.2 Å². The molecule has 0 fully saturated rings. The first-order chi connectivity index (χ1) is 10.0. The number of benzene rings is 2. The van der Waals surface area contributed by atoms with Gasteiger partial charge in [0.15, 0.2) is 0 Å². The molecule has 0 atom stereocenters. The lowest BCUT2D eigenvalue weighted by Crippen LogP contribution is -2.02. The molecule has 0 radical (unpaired) electrons. The van der Waals surface area contributed by atoms with E-state index in [1.54, 1.807) is 30.3 Å². The van der Waals surface area contributed by atoms with E-state index >= 15 is 0 Å². The molecule has 7 heteroatoms. The van der Waals surface area contributed by atoms with Gasteiger partial charge in [-0.15, -0.1) is 0 Å². The third kappa shape index (κ3) is 3.37. The Morgan fingerprint density at radius 3 is 2.52 bits per heavy atom. The van der Waals surface area contributed by atoms with E-state index in [9.17, 15) is 10.1 Å². The van der Waals surface area contributed by atoms with Gasteiger partial charge in [-0.2, -0.15) is 0 Å². The molecule has 2 aromatic carbocycles. The summed E-state index contributed by atoms with van der Waals surface area (Å²) in [5.74, 6) is 0.364. The average molecular weight is 327 g/mol. The predicted molar refractivity (Wildman–Crippen MR) is 83.8 cm³/mol. The molecule has 21 heavy (non-hydrogen) atoms. The third-order valence-electron chi connectivity index (χ3n) is 2.68. The summed E-state index contributed by atoms with van der Waals surface area (Å²) in [4.78, 5) is 10.8. The van der Waals surface area contributed by atoms with Gasteiger partial charge < -0.3 is 10.1 Å². The molecule has 0 aliphatic rings. The molecule has 0 saturated heterocycles. The quantitative estimate of drug-likeness (QED) is 0.611. The van der Waals surface area contributed by atoms with Gasteiger partial charge in [0, 0.05) is 6.54 Å². The van der Waals surface area contributed by atoms with Gasteiger partial charge in [-0.1, -0.05) is 35.3 Å². The fourth-order valence-electron chi connectivity index (χ4n) is 1.81. The highest BCUT2D eigenvalue weighted by Gasteiger charge is 2.22. The molecule has 0 aromatic heterocycles. The molecule has 0 saturated carbocycles. The van der Waals surface area contributed by atoms with Crippen LogP contribution in [-0.4, -0.2) is 11.5 Å². The largest absolute Gasteiger partial charge is 0.448 e. The minimum atomic E-state index is -0.494. The van der Waals surface area contributed by atoms with Crippen LogP contribution in [0.5, 0.6) is 11.5 Å². The van der Waals surface area contributed by atoms with E-state index < -0.39 is 4.92 Å². The molecule has 110 valence electrons. The zero-order chi connectivity index (χ0) is 15.4. The van der Waals surface area contributed by atoms with Crippen LogP contribution in [0, 0.1) is 10.1 Å². The maximum Gasteiger partial charge on any atom is 0.334 e. The van der Waals surface area contributed by atoms with Crippen molar-refractivity contribution in [2.75, 3.05) is 11.9 Å². The van der Waals surface area contributed by atoms with Crippen LogP contribution in [0.3, 0.4) is 0 Å². The van der Waals surface area contributed by atoms with Gasteiger partial charge in [0.1, 0.15) is 16.5 Å². The maximum atomic E-state index is 11.3. The Morgan fingerprint density at radius 2 is 1.86 bits per heavy atom. The number of ether oxygens (including phenoxy) is 1. The van der Waals surface area contributed by atoms with Gasteiger partial charge in [-0.3, -0.25) is 10.1 Å². The Bertz CT molecular complexity index is 677. The smallest absolute Gasteiger partial charge is 0.334 e. The molecular weight excluding hydrogens is 315 g/mol. The number of hydrogen-bond donors (Lipinski definition) is 1. The number of rotatable bonds is 5. The van der Waals surface area contributed by atoms with Gasteiger partial charge in [0.25, 0.3) is 0 Å². The molecule has 2 aromatic rings. The lowest BCUT2D eigenvalue weighted by Gasteiger charge is -2.11. The summed E-state index contributed by atoms with van der Waals surface area (Å²) in [6, 6.07) is 9.66. The van der Waals surface area contributed by atoms with E-state index in [1.807, 2.05) is 6.92 Å². The van der Waals surface area contributed by atoms with Crippen molar-refractivity contribution in [3.8, 4) is 11.5 Å². The van der Waals surface area contributed by atoms with Crippen molar-refractivity contribution in [1.29, 1.82) is 0 Å². The number of nitro benzene ring substituents is 1. The van der Waals surface area contributed by atoms with Crippen LogP contribution in [0.1, 0.15) is 6.92 Å². The number of anilines is 1. The maximum absolute atomic E-state index is 11.3. The Kier molecular flexibility index (Phi) is 4.88. The monoisotopic (exact) mass is 326 g/mol. The minimum Gasteiger partial charge on any atom is -0.448 e. The van der Waals surface area contributed by atoms with Crippen LogP contribution < -0.4 is 10.1 Å². The first-order valence-corrected chi connectivity index (χ1v) is 6.93. The number of halogens is 2. The Balaban J connectivity index is 2.46. The lowest BCUT2D eigenvalue weighted by molar-refractivity contribution is -0.384. The topological polar surface area (TPSA) is 64.4 Å². The van der Waals surface area contributed by atoms with Gasteiger partial charge >= 0.3 is 5.69 Å². The third-order valence-corrected chi connectivity index (χ3v) is 3.49. The number of nitrogens with one attached hydrogen (secondary N) is 1. The average Bonchev–Trinajstić information content (AvgIpc) is 2.44. The van der Waals surface area contributed by atoms with Crippen LogP contribution in [0.15, 0.2) is 36.4 Å². The van der Waals surface area contributed by atoms with E-state index in [2.05, 4.69) is 5.32 Å².